The zero-order chi connectivity index (χ0) is 22.4. The minimum atomic E-state index is -0.695. The van der Waals surface area contributed by atoms with Crippen LogP contribution in [0.15, 0.2) is 53.9 Å². The molecule has 1 heterocycles. The molecule has 3 aromatic rings. The van der Waals surface area contributed by atoms with E-state index in [-0.39, 0.29) is 23.7 Å². The van der Waals surface area contributed by atoms with Gasteiger partial charge in [0.2, 0.25) is 5.91 Å². The van der Waals surface area contributed by atoms with Gasteiger partial charge in [-0.05, 0) is 44.5 Å². The molecule has 0 saturated carbocycles. The molecular weight excluding hydrogens is 417 g/mol. The van der Waals surface area contributed by atoms with Crippen LogP contribution in [-0.4, -0.2) is 22.6 Å². The summed E-state index contributed by atoms with van der Waals surface area (Å²) in [6, 6.07) is 13.7. The highest BCUT2D eigenvalue weighted by molar-refractivity contribution is 7.09. The Morgan fingerprint density at radius 2 is 1.81 bits per heavy atom. The van der Waals surface area contributed by atoms with E-state index in [1.165, 1.54) is 23.5 Å². The Morgan fingerprint density at radius 3 is 2.52 bits per heavy atom. The third-order valence-corrected chi connectivity index (χ3v) is 4.93. The minimum Gasteiger partial charge on any atom is -0.444 e. The molecule has 3 rings (SSSR count). The van der Waals surface area contributed by atoms with E-state index in [9.17, 15) is 14.0 Å². The van der Waals surface area contributed by atoms with Crippen molar-refractivity contribution in [3.8, 4) is 0 Å². The molecule has 1 aromatic heterocycles. The van der Waals surface area contributed by atoms with Crippen LogP contribution in [0.2, 0.25) is 0 Å². The molecule has 6 nitrogen and oxygen atoms in total. The van der Waals surface area contributed by atoms with Crippen molar-refractivity contribution in [2.24, 2.45) is 0 Å². The van der Waals surface area contributed by atoms with Crippen molar-refractivity contribution in [1.29, 1.82) is 0 Å². The molecule has 31 heavy (non-hydrogen) atoms. The van der Waals surface area contributed by atoms with Gasteiger partial charge in [-0.3, -0.25) is 10.1 Å². The third kappa shape index (κ3) is 7.18. The standard InChI is InChI=1S/C23H24FN3O3S/c1-23(2,3)30-22(29)27-18-10-9-16(24)12-19(18)26-20(28)13-17-14-31-21(25-17)11-15-7-5-4-6-8-15/h4-10,12,14H,11,13H2,1-3H3,(H,26,28)(H,27,29). The normalized spacial score (nSPS) is 11.1. The maximum Gasteiger partial charge on any atom is 0.412 e. The van der Waals surface area contributed by atoms with Crippen molar-refractivity contribution in [2.45, 2.75) is 39.2 Å². The molecule has 0 bridgehead atoms. The highest BCUT2D eigenvalue weighted by Crippen LogP contribution is 2.24. The average Bonchev–Trinajstić information content (AvgIpc) is 3.10. The summed E-state index contributed by atoms with van der Waals surface area (Å²) in [5.74, 6) is -0.904. The van der Waals surface area contributed by atoms with Gasteiger partial charge in [0.05, 0.1) is 28.5 Å². The first-order chi connectivity index (χ1) is 14.7. The fourth-order valence-electron chi connectivity index (χ4n) is 2.78. The van der Waals surface area contributed by atoms with Gasteiger partial charge in [0, 0.05) is 11.8 Å². The van der Waals surface area contributed by atoms with Gasteiger partial charge in [-0.15, -0.1) is 11.3 Å². The van der Waals surface area contributed by atoms with Gasteiger partial charge in [0.1, 0.15) is 11.4 Å². The molecule has 0 fully saturated rings. The lowest BCUT2D eigenvalue weighted by atomic mass is 10.2. The summed E-state index contributed by atoms with van der Waals surface area (Å²) in [4.78, 5) is 29.1. The quantitative estimate of drug-likeness (QED) is 0.537. The van der Waals surface area contributed by atoms with Crippen LogP contribution in [0.3, 0.4) is 0 Å². The summed E-state index contributed by atoms with van der Waals surface area (Å²) < 4.78 is 19.0. The summed E-state index contributed by atoms with van der Waals surface area (Å²) in [6.45, 7) is 5.21. The minimum absolute atomic E-state index is 0.0354. The van der Waals surface area contributed by atoms with Crippen molar-refractivity contribution < 1.29 is 18.7 Å². The fraction of sp³-hybridized carbons (Fsp3) is 0.261. The number of ether oxygens (including phenoxy) is 1. The average molecular weight is 442 g/mol. The van der Waals surface area contributed by atoms with Crippen LogP contribution >= 0.6 is 11.3 Å². The Kier molecular flexibility index (Phi) is 7.02. The van der Waals surface area contributed by atoms with Crippen LogP contribution < -0.4 is 10.6 Å². The molecule has 0 spiro atoms. The second-order valence-corrected chi connectivity index (χ2v) is 8.88. The van der Waals surface area contributed by atoms with E-state index in [1.807, 2.05) is 35.7 Å². The number of carbonyl (C=O) groups excluding carboxylic acids is 2. The van der Waals surface area contributed by atoms with Crippen molar-refractivity contribution in [3.63, 3.8) is 0 Å². The molecule has 0 aliphatic heterocycles. The highest BCUT2D eigenvalue weighted by Gasteiger charge is 2.18. The lowest BCUT2D eigenvalue weighted by molar-refractivity contribution is -0.115. The Morgan fingerprint density at radius 1 is 1.06 bits per heavy atom. The van der Waals surface area contributed by atoms with Crippen molar-refractivity contribution >= 4 is 34.7 Å². The van der Waals surface area contributed by atoms with E-state index in [1.54, 1.807) is 20.8 Å². The van der Waals surface area contributed by atoms with Crippen LogP contribution in [0.5, 0.6) is 0 Å². The monoisotopic (exact) mass is 441 g/mol. The Balaban J connectivity index is 1.64. The number of rotatable bonds is 6. The van der Waals surface area contributed by atoms with Gasteiger partial charge in [0.15, 0.2) is 0 Å². The van der Waals surface area contributed by atoms with Gasteiger partial charge < -0.3 is 10.1 Å². The molecule has 2 amide bonds. The van der Waals surface area contributed by atoms with Gasteiger partial charge in [-0.2, -0.15) is 0 Å². The summed E-state index contributed by atoms with van der Waals surface area (Å²) in [5.41, 5.74) is 1.48. The number of nitrogens with zero attached hydrogens (tertiary/aromatic N) is 1. The van der Waals surface area contributed by atoms with E-state index in [0.717, 1.165) is 16.6 Å². The number of amides is 2. The Bertz CT molecular complexity index is 1060. The molecule has 0 aliphatic rings. The maximum atomic E-state index is 13.7. The van der Waals surface area contributed by atoms with Gasteiger partial charge in [-0.25, -0.2) is 14.2 Å². The zero-order valence-corrected chi connectivity index (χ0v) is 18.4. The smallest absolute Gasteiger partial charge is 0.412 e. The molecule has 0 aliphatic carbocycles. The zero-order valence-electron chi connectivity index (χ0n) is 17.6. The molecule has 0 radical (unpaired) electrons. The predicted molar refractivity (Wildman–Crippen MR) is 120 cm³/mol. The summed E-state index contributed by atoms with van der Waals surface area (Å²) >= 11 is 1.49. The van der Waals surface area contributed by atoms with Crippen LogP contribution in [0.25, 0.3) is 0 Å². The van der Waals surface area contributed by atoms with E-state index in [0.29, 0.717) is 12.1 Å². The fourth-order valence-corrected chi connectivity index (χ4v) is 3.61. The lowest BCUT2D eigenvalue weighted by Gasteiger charge is -2.20. The molecule has 0 saturated heterocycles. The van der Waals surface area contributed by atoms with Crippen LogP contribution in [-0.2, 0) is 22.4 Å². The first-order valence-electron chi connectivity index (χ1n) is 9.74. The number of halogens is 1. The Labute approximate surface area is 184 Å². The molecule has 2 N–H and O–H groups in total. The van der Waals surface area contributed by atoms with E-state index in [2.05, 4.69) is 15.6 Å². The maximum absolute atomic E-state index is 13.7. The summed E-state index contributed by atoms with van der Waals surface area (Å²) in [7, 11) is 0. The number of aromatic nitrogens is 1. The third-order valence-electron chi connectivity index (χ3n) is 4.03. The van der Waals surface area contributed by atoms with Crippen LogP contribution in [0.4, 0.5) is 20.6 Å². The lowest BCUT2D eigenvalue weighted by Crippen LogP contribution is -2.27. The Hall–Kier alpha value is -3.26. The van der Waals surface area contributed by atoms with Crippen molar-refractivity contribution in [1.82, 2.24) is 4.98 Å². The number of hydrogen-bond acceptors (Lipinski definition) is 5. The molecule has 2 aromatic carbocycles. The van der Waals surface area contributed by atoms with Gasteiger partial charge in [0.25, 0.3) is 0 Å². The van der Waals surface area contributed by atoms with E-state index < -0.39 is 17.5 Å². The largest absolute Gasteiger partial charge is 0.444 e. The number of anilines is 2. The first-order valence-corrected chi connectivity index (χ1v) is 10.6. The number of benzene rings is 2. The summed E-state index contributed by atoms with van der Waals surface area (Å²) in [6.07, 6.45) is 0.0361. The van der Waals surface area contributed by atoms with Gasteiger partial charge >= 0.3 is 6.09 Å². The topological polar surface area (TPSA) is 80.3 Å². The SMILES string of the molecule is CC(C)(C)OC(=O)Nc1ccc(F)cc1NC(=O)Cc1csc(Cc2ccccc2)n1. The second kappa shape index (κ2) is 9.70. The van der Waals surface area contributed by atoms with E-state index >= 15 is 0 Å². The summed E-state index contributed by atoms with van der Waals surface area (Å²) in [5, 5.41) is 7.93. The highest BCUT2D eigenvalue weighted by atomic mass is 32.1. The van der Waals surface area contributed by atoms with Crippen LogP contribution in [0.1, 0.15) is 37.0 Å². The predicted octanol–water partition coefficient (Wildman–Crippen LogP) is 5.40. The first kappa shape index (κ1) is 22.4. The van der Waals surface area contributed by atoms with Crippen molar-refractivity contribution in [3.05, 3.63) is 76.0 Å². The van der Waals surface area contributed by atoms with Crippen molar-refractivity contribution in [2.75, 3.05) is 10.6 Å². The van der Waals surface area contributed by atoms with E-state index in [4.69, 9.17) is 4.74 Å². The van der Waals surface area contributed by atoms with Crippen LogP contribution in [0, 0.1) is 5.82 Å². The molecular formula is C23H24FN3O3S. The molecule has 0 unspecified atom stereocenters. The second-order valence-electron chi connectivity index (χ2n) is 7.94. The molecule has 8 heteroatoms. The number of nitrogens with one attached hydrogen (secondary N) is 2. The number of carbonyl (C=O) groups is 2. The number of hydrogen-bond donors (Lipinski definition) is 2. The molecule has 162 valence electrons. The molecule has 0 atom stereocenters. The number of thiazole rings is 1. The van der Waals surface area contributed by atoms with Gasteiger partial charge in [-0.1, -0.05) is 30.3 Å².